The van der Waals surface area contributed by atoms with Crippen LogP contribution >= 0.6 is 0 Å². The molecule has 0 spiro atoms. The first-order valence-electron chi connectivity index (χ1n) is 5.63. The number of terminal acetylenes is 1. The highest BCUT2D eigenvalue weighted by Gasteiger charge is 2.32. The van der Waals surface area contributed by atoms with Crippen molar-refractivity contribution in [1.82, 2.24) is 4.90 Å². The van der Waals surface area contributed by atoms with Gasteiger partial charge < -0.3 is 4.74 Å². The minimum absolute atomic E-state index is 0.314. The van der Waals surface area contributed by atoms with Crippen LogP contribution in [0.25, 0.3) is 0 Å². The standard InChI is InChI=1S/C14H17NO/c1-3-14(2,13-7-5-4-6-8-13)15-9-11-16-12-10-15/h1,4-8H,9-12H2,2H3. The molecule has 0 amide bonds. The Morgan fingerprint density at radius 2 is 1.88 bits per heavy atom. The minimum Gasteiger partial charge on any atom is -0.379 e. The molecule has 0 radical (unpaired) electrons. The molecule has 2 rings (SSSR count). The van der Waals surface area contributed by atoms with Gasteiger partial charge in [-0.25, -0.2) is 0 Å². The number of nitrogens with zero attached hydrogens (tertiary/aromatic N) is 1. The molecule has 0 aromatic heterocycles. The van der Waals surface area contributed by atoms with E-state index in [2.05, 4.69) is 29.9 Å². The van der Waals surface area contributed by atoms with Gasteiger partial charge in [-0.3, -0.25) is 4.90 Å². The van der Waals surface area contributed by atoms with Crippen molar-refractivity contribution in [3.8, 4) is 12.3 Å². The van der Waals surface area contributed by atoms with E-state index in [0.717, 1.165) is 26.3 Å². The van der Waals surface area contributed by atoms with Crippen LogP contribution in [0.4, 0.5) is 0 Å². The second-order valence-electron chi connectivity index (χ2n) is 4.18. The molecule has 1 aliphatic rings. The lowest BCUT2D eigenvalue weighted by Gasteiger charge is -2.40. The molecule has 1 fully saturated rings. The second-order valence-corrected chi connectivity index (χ2v) is 4.18. The van der Waals surface area contributed by atoms with Crippen LogP contribution in [0.1, 0.15) is 12.5 Å². The number of ether oxygens (including phenoxy) is 1. The van der Waals surface area contributed by atoms with Crippen molar-refractivity contribution in [3.63, 3.8) is 0 Å². The summed E-state index contributed by atoms with van der Waals surface area (Å²) in [6, 6.07) is 10.3. The van der Waals surface area contributed by atoms with E-state index in [1.807, 2.05) is 18.2 Å². The van der Waals surface area contributed by atoms with Crippen LogP contribution in [0, 0.1) is 12.3 Å². The van der Waals surface area contributed by atoms with Crippen LogP contribution < -0.4 is 0 Å². The number of benzene rings is 1. The van der Waals surface area contributed by atoms with Crippen molar-refractivity contribution in [1.29, 1.82) is 0 Å². The molecule has 1 heterocycles. The van der Waals surface area contributed by atoms with E-state index in [1.54, 1.807) is 0 Å². The molecule has 2 heteroatoms. The Morgan fingerprint density at radius 3 is 2.44 bits per heavy atom. The molecule has 16 heavy (non-hydrogen) atoms. The maximum atomic E-state index is 5.74. The summed E-state index contributed by atoms with van der Waals surface area (Å²) in [6.07, 6.45) is 5.74. The lowest BCUT2D eigenvalue weighted by Crippen LogP contribution is -2.48. The summed E-state index contributed by atoms with van der Waals surface area (Å²) in [5.74, 6) is 2.93. The molecule has 1 aromatic carbocycles. The van der Waals surface area contributed by atoms with Crippen LogP contribution in [0.3, 0.4) is 0 Å². The van der Waals surface area contributed by atoms with Gasteiger partial charge in [-0.05, 0) is 12.5 Å². The smallest absolute Gasteiger partial charge is 0.105 e. The van der Waals surface area contributed by atoms with Gasteiger partial charge in [-0.2, -0.15) is 0 Å². The predicted octanol–water partition coefficient (Wildman–Crippen LogP) is 1.87. The Labute approximate surface area is 97.2 Å². The van der Waals surface area contributed by atoms with E-state index in [9.17, 15) is 0 Å². The van der Waals surface area contributed by atoms with Crippen LogP contribution in [0.15, 0.2) is 30.3 Å². The molecular weight excluding hydrogens is 198 g/mol. The highest BCUT2D eigenvalue weighted by atomic mass is 16.5. The zero-order valence-electron chi connectivity index (χ0n) is 9.65. The Bertz CT molecular complexity index is 375. The van der Waals surface area contributed by atoms with Gasteiger partial charge in [-0.15, -0.1) is 6.42 Å². The zero-order valence-corrected chi connectivity index (χ0v) is 9.65. The highest BCUT2D eigenvalue weighted by molar-refractivity contribution is 5.32. The van der Waals surface area contributed by atoms with Crippen molar-refractivity contribution in [3.05, 3.63) is 35.9 Å². The molecule has 2 nitrogen and oxygen atoms in total. The Morgan fingerprint density at radius 1 is 1.25 bits per heavy atom. The fourth-order valence-electron chi connectivity index (χ4n) is 2.13. The summed E-state index contributed by atoms with van der Waals surface area (Å²) < 4.78 is 5.36. The first-order chi connectivity index (χ1) is 7.77. The van der Waals surface area contributed by atoms with Crippen LogP contribution in [0.2, 0.25) is 0 Å². The summed E-state index contributed by atoms with van der Waals surface area (Å²) in [4.78, 5) is 2.31. The van der Waals surface area contributed by atoms with Crippen molar-refractivity contribution in [2.75, 3.05) is 26.3 Å². The van der Waals surface area contributed by atoms with Gasteiger partial charge in [0.25, 0.3) is 0 Å². The van der Waals surface area contributed by atoms with Gasteiger partial charge >= 0.3 is 0 Å². The average Bonchev–Trinajstić information content (AvgIpc) is 2.40. The van der Waals surface area contributed by atoms with Gasteiger partial charge in [0.05, 0.1) is 13.2 Å². The summed E-state index contributed by atoms with van der Waals surface area (Å²) in [7, 11) is 0. The fourth-order valence-corrected chi connectivity index (χ4v) is 2.13. The second kappa shape index (κ2) is 4.69. The van der Waals surface area contributed by atoms with E-state index in [4.69, 9.17) is 11.2 Å². The molecule has 0 saturated carbocycles. The molecule has 1 unspecified atom stereocenters. The normalized spacial score (nSPS) is 21.0. The molecule has 84 valence electrons. The third-order valence-corrected chi connectivity index (χ3v) is 3.26. The lowest BCUT2D eigenvalue weighted by molar-refractivity contribution is 0.00109. The Kier molecular flexibility index (Phi) is 3.28. The quantitative estimate of drug-likeness (QED) is 0.698. The van der Waals surface area contributed by atoms with Crippen LogP contribution in [0.5, 0.6) is 0 Å². The molecule has 1 saturated heterocycles. The average molecular weight is 215 g/mol. The van der Waals surface area contributed by atoms with Crippen molar-refractivity contribution >= 4 is 0 Å². The third kappa shape index (κ3) is 1.97. The first kappa shape index (κ1) is 11.2. The Hall–Kier alpha value is -1.30. The maximum absolute atomic E-state index is 5.74. The summed E-state index contributed by atoms with van der Waals surface area (Å²) >= 11 is 0. The SMILES string of the molecule is C#CC(C)(c1ccccc1)N1CCOCC1. The van der Waals surface area contributed by atoms with Crippen molar-refractivity contribution in [2.45, 2.75) is 12.5 Å². The molecule has 0 aliphatic carbocycles. The number of rotatable bonds is 2. The van der Waals surface area contributed by atoms with E-state index in [0.29, 0.717) is 0 Å². The summed E-state index contributed by atoms with van der Waals surface area (Å²) in [5, 5.41) is 0. The zero-order chi connectivity index (χ0) is 11.4. The largest absolute Gasteiger partial charge is 0.379 e. The topological polar surface area (TPSA) is 12.5 Å². The van der Waals surface area contributed by atoms with Crippen molar-refractivity contribution < 1.29 is 4.74 Å². The number of hydrogen-bond acceptors (Lipinski definition) is 2. The van der Waals surface area contributed by atoms with Crippen LogP contribution in [-0.4, -0.2) is 31.2 Å². The molecule has 1 aromatic rings. The highest BCUT2D eigenvalue weighted by Crippen LogP contribution is 2.27. The van der Waals surface area contributed by atoms with Gasteiger partial charge in [0.1, 0.15) is 5.54 Å². The fraction of sp³-hybridized carbons (Fsp3) is 0.429. The van der Waals surface area contributed by atoms with Gasteiger partial charge in [0.15, 0.2) is 0 Å². The third-order valence-electron chi connectivity index (χ3n) is 3.26. The van der Waals surface area contributed by atoms with Gasteiger partial charge in [-0.1, -0.05) is 36.3 Å². The van der Waals surface area contributed by atoms with Gasteiger partial charge in [0, 0.05) is 13.1 Å². The summed E-state index contributed by atoms with van der Waals surface area (Å²) in [5.41, 5.74) is 0.866. The first-order valence-corrected chi connectivity index (χ1v) is 5.63. The molecule has 0 bridgehead atoms. The molecule has 1 aliphatic heterocycles. The molecule has 0 N–H and O–H groups in total. The van der Waals surface area contributed by atoms with Crippen LogP contribution in [-0.2, 0) is 10.3 Å². The van der Waals surface area contributed by atoms with Gasteiger partial charge in [0.2, 0.25) is 0 Å². The minimum atomic E-state index is -0.314. The van der Waals surface area contributed by atoms with Crippen molar-refractivity contribution in [2.24, 2.45) is 0 Å². The van der Waals surface area contributed by atoms with E-state index in [1.165, 1.54) is 5.56 Å². The monoisotopic (exact) mass is 215 g/mol. The maximum Gasteiger partial charge on any atom is 0.105 e. The van der Waals surface area contributed by atoms with E-state index < -0.39 is 0 Å². The lowest BCUT2D eigenvalue weighted by atomic mass is 9.90. The van der Waals surface area contributed by atoms with E-state index in [-0.39, 0.29) is 5.54 Å². The predicted molar refractivity (Wildman–Crippen MR) is 65.0 cm³/mol. The number of morpholine rings is 1. The Balaban J connectivity index is 2.29. The number of hydrogen-bond donors (Lipinski definition) is 0. The van der Waals surface area contributed by atoms with E-state index >= 15 is 0 Å². The molecular formula is C14H17NO. The molecule has 1 atom stereocenters. The summed E-state index contributed by atoms with van der Waals surface area (Å²) in [6.45, 7) is 5.44.